The SMILES string of the molecule is COc1cc(C#CCCBr)ccc1C. The minimum atomic E-state index is 0.871. The van der Waals surface area contributed by atoms with Crippen LogP contribution < -0.4 is 4.74 Å². The number of alkyl halides is 1. The van der Waals surface area contributed by atoms with Crippen LogP contribution in [-0.2, 0) is 0 Å². The van der Waals surface area contributed by atoms with Crippen LogP contribution in [0.25, 0.3) is 0 Å². The molecule has 1 nitrogen and oxygen atoms in total. The van der Waals surface area contributed by atoms with Crippen molar-refractivity contribution in [2.45, 2.75) is 13.3 Å². The first kappa shape index (κ1) is 11.1. The van der Waals surface area contributed by atoms with Gasteiger partial charge in [0.1, 0.15) is 5.75 Å². The summed E-state index contributed by atoms with van der Waals surface area (Å²) in [6, 6.07) is 6.01. The number of aryl methyl sites for hydroxylation is 1. The molecule has 2 heteroatoms. The number of hydrogen-bond donors (Lipinski definition) is 0. The molecule has 0 N–H and O–H groups in total. The van der Waals surface area contributed by atoms with Crippen LogP contribution in [0.5, 0.6) is 5.75 Å². The van der Waals surface area contributed by atoms with E-state index in [4.69, 9.17) is 4.74 Å². The van der Waals surface area contributed by atoms with Crippen LogP contribution >= 0.6 is 15.9 Å². The molecule has 0 amide bonds. The average Bonchev–Trinajstić information content (AvgIpc) is 2.21. The highest BCUT2D eigenvalue weighted by Crippen LogP contribution is 2.18. The van der Waals surface area contributed by atoms with Crippen molar-refractivity contribution in [1.82, 2.24) is 0 Å². The lowest BCUT2D eigenvalue weighted by molar-refractivity contribution is 0.411. The second-order valence-corrected chi connectivity index (χ2v) is 3.72. The van der Waals surface area contributed by atoms with Crippen molar-refractivity contribution in [3.63, 3.8) is 0 Å². The van der Waals surface area contributed by atoms with Gasteiger partial charge in [-0.3, -0.25) is 0 Å². The largest absolute Gasteiger partial charge is 0.496 e. The molecule has 0 radical (unpaired) electrons. The number of halogens is 1. The summed E-state index contributed by atoms with van der Waals surface area (Å²) in [6.45, 7) is 2.02. The number of rotatable bonds is 2. The van der Waals surface area contributed by atoms with Crippen LogP contribution in [-0.4, -0.2) is 12.4 Å². The van der Waals surface area contributed by atoms with Gasteiger partial charge in [0.05, 0.1) is 7.11 Å². The van der Waals surface area contributed by atoms with Crippen molar-refractivity contribution in [2.75, 3.05) is 12.4 Å². The van der Waals surface area contributed by atoms with Crippen molar-refractivity contribution in [3.8, 4) is 17.6 Å². The van der Waals surface area contributed by atoms with Crippen LogP contribution in [0.3, 0.4) is 0 Å². The van der Waals surface area contributed by atoms with Crippen molar-refractivity contribution in [1.29, 1.82) is 0 Å². The van der Waals surface area contributed by atoms with E-state index in [-0.39, 0.29) is 0 Å². The molecule has 1 rings (SSSR count). The lowest BCUT2D eigenvalue weighted by Crippen LogP contribution is -1.87. The molecule has 0 spiro atoms. The maximum absolute atomic E-state index is 5.21. The van der Waals surface area contributed by atoms with Gasteiger partial charge in [-0.05, 0) is 24.6 Å². The predicted octanol–water partition coefficient (Wildman–Crippen LogP) is 3.14. The Hall–Kier alpha value is -0.940. The summed E-state index contributed by atoms with van der Waals surface area (Å²) in [4.78, 5) is 0. The van der Waals surface area contributed by atoms with Crippen molar-refractivity contribution in [3.05, 3.63) is 29.3 Å². The summed E-state index contributed by atoms with van der Waals surface area (Å²) in [5.74, 6) is 7.06. The van der Waals surface area contributed by atoms with E-state index in [1.54, 1.807) is 7.11 Å². The van der Waals surface area contributed by atoms with Gasteiger partial charge in [0.15, 0.2) is 0 Å². The highest BCUT2D eigenvalue weighted by molar-refractivity contribution is 9.09. The van der Waals surface area contributed by atoms with Gasteiger partial charge in [0, 0.05) is 17.3 Å². The third-order valence-corrected chi connectivity index (χ3v) is 2.26. The molecule has 0 saturated carbocycles. The summed E-state index contributed by atoms with van der Waals surface area (Å²) in [7, 11) is 1.68. The Labute approximate surface area is 93.6 Å². The minimum Gasteiger partial charge on any atom is -0.496 e. The fourth-order valence-corrected chi connectivity index (χ4v) is 1.31. The topological polar surface area (TPSA) is 9.23 Å². The summed E-state index contributed by atoms with van der Waals surface area (Å²) in [5, 5.41) is 0.920. The zero-order chi connectivity index (χ0) is 10.4. The van der Waals surface area contributed by atoms with Crippen molar-refractivity contribution >= 4 is 15.9 Å². The van der Waals surface area contributed by atoms with Gasteiger partial charge < -0.3 is 4.74 Å². The van der Waals surface area contributed by atoms with Gasteiger partial charge in [0.25, 0.3) is 0 Å². The molecule has 74 valence electrons. The Kier molecular flexibility index (Phi) is 4.55. The first-order chi connectivity index (χ1) is 6.77. The van der Waals surface area contributed by atoms with Gasteiger partial charge >= 0.3 is 0 Å². The van der Waals surface area contributed by atoms with E-state index >= 15 is 0 Å². The van der Waals surface area contributed by atoms with Gasteiger partial charge in [-0.2, -0.15) is 0 Å². The standard InChI is InChI=1S/C12H13BrO/c1-10-6-7-11(5-3-4-8-13)9-12(10)14-2/h6-7,9H,4,8H2,1-2H3. The lowest BCUT2D eigenvalue weighted by Gasteiger charge is -2.03. The third-order valence-electron chi connectivity index (χ3n) is 1.86. The molecule has 1 aromatic rings. The molecule has 0 fully saturated rings. The molecule has 0 unspecified atom stereocenters. The zero-order valence-electron chi connectivity index (χ0n) is 8.43. The smallest absolute Gasteiger partial charge is 0.123 e. The number of hydrogen-bond acceptors (Lipinski definition) is 1. The molecule has 14 heavy (non-hydrogen) atoms. The Bertz CT molecular complexity index is 360. The highest BCUT2D eigenvalue weighted by atomic mass is 79.9. The fourth-order valence-electron chi connectivity index (χ4n) is 1.11. The van der Waals surface area contributed by atoms with E-state index in [1.807, 2.05) is 25.1 Å². The lowest BCUT2D eigenvalue weighted by atomic mass is 10.1. The molecule has 0 atom stereocenters. The van der Waals surface area contributed by atoms with E-state index in [0.29, 0.717) is 0 Å². The van der Waals surface area contributed by atoms with Gasteiger partial charge in [-0.1, -0.05) is 33.8 Å². The maximum Gasteiger partial charge on any atom is 0.123 e. The Balaban J connectivity index is 2.86. The van der Waals surface area contributed by atoms with Crippen LogP contribution in [0.2, 0.25) is 0 Å². The molecule has 1 aromatic carbocycles. The second-order valence-electron chi connectivity index (χ2n) is 2.93. The quantitative estimate of drug-likeness (QED) is 0.581. The maximum atomic E-state index is 5.21. The summed E-state index contributed by atoms with van der Waals surface area (Å²) in [6.07, 6.45) is 0.871. The van der Waals surface area contributed by atoms with Crippen LogP contribution in [0.15, 0.2) is 18.2 Å². The number of benzene rings is 1. The molecular formula is C12H13BrO. The summed E-state index contributed by atoms with van der Waals surface area (Å²) < 4.78 is 5.21. The molecule has 0 aromatic heterocycles. The Morgan fingerprint density at radius 3 is 2.86 bits per heavy atom. The van der Waals surface area contributed by atoms with Gasteiger partial charge in [-0.15, -0.1) is 0 Å². The first-order valence-electron chi connectivity index (χ1n) is 4.47. The highest BCUT2D eigenvalue weighted by Gasteiger charge is 1.97. The summed E-state index contributed by atoms with van der Waals surface area (Å²) >= 11 is 3.34. The summed E-state index contributed by atoms with van der Waals surface area (Å²) in [5.41, 5.74) is 2.15. The van der Waals surface area contributed by atoms with E-state index in [9.17, 15) is 0 Å². The number of methoxy groups -OCH3 is 1. The predicted molar refractivity (Wildman–Crippen MR) is 63.0 cm³/mol. The van der Waals surface area contributed by atoms with E-state index in [2.05, 4.69) is 27.8 Å². The fraction of sp³-hybridized carbons (Fsp3) is 0.333. The Morgan fingerprint density at radius 2 is 2.21 bits per heavy atom. The van der Waals surface area contributed by atoms with Gasteiger partial charge in [-0.25, -0.2) is 0 Å². The number of ether oxygens (including phenoxy) is 1. The van der Waals surface area contributed by atoms with E-state index in [1.165, 1.54) is 0 Å². The molecule has 0 aliphatic rings. The zero-order valence-corrected chi connectivity index (χ0v) is 10.0. The minimum absolute atomic E-state index is 0.871. The molecule has 0 aliphatic carbocycles. The average molecular weight is 253 g/mol. The van der Waals surface area contributed by atoms with E-state index in [0.717, 1.165) is 28.6 Å². The molecular weight excluding hydrogens is 240 g/mol. The normalized spacial score (nSPS) is 9.07. The monoisotopic (exact) mass is 252 g/mol. The van der Waals surface area contributed by atoms with Gasteiger partial charge in [0.2, 0.25) is 0 Å². The molecule has 0 aliphatic heterocycles. The second kappa shape index (κ2) is 5.72. The van der Waals surface area contributed by atoms with Crippen molar-refractivity contribution in [2.24, 2.45) is 0 Å². The molecule has 0 heterocycles. The third kappa shape index (κ3) is 3.08. The first-order valence-corrected chi connectivity index (χ1v) is 5.59. The van der Waals surface area contributed by atoms with Crippen molar-refractivity contribution < 1.29 is 4.74 Å². The van der Waals surface area contributed by atoms with Crippen LogP contribution in [0, 0.1) is 18.8 Å². The Morgan fingerprint density at radius 1 is 1.43 bits per heavy atom. The van der Waals surface area contributed by atoms with Crippen LogP contribution in [0.1, 0.15) is 17.5 Å². The molecule has 0 saturated heterocycles. The van der Waals surface area contributed by atoms with Crippen LogP contribution in [0.4, 0.5) is 0 Å². The molecule has 0 bridgehead atoms. The van der Waals surface area contributed by atoms with E-state index < -0.39 is 0 Å².